The summed E-state index contributed by atoms with van der Waals surface area (Å²) in [5.74, 6) is -0.204. The fourth-order valence-corrected chi connectivity index (χ4v) is 5.04. The molecule has 1 saturated heterocycles. The van der Waals surface area contributed by atoms with E-state index < -0.39 is 15.3 Å². The molecule has 0 saturated carbocycles. The largest absolute Gasteiger partial charge is 0.336 e. The number of hydrogen-bond donors (Lipinski definition) is 1. The van der Waals surface area contributed by atoms with Crippen molar-refractivity contribution in [2.75, 3.05) is 19.6 Å². The zero-order chi connectivity index (χ0) is 17.2. The molecule has 24 heavy (non-hydrogen) atoms. The van der Waals surface area contributed by atoms with Crippen molar-refractivity contribution in [3.8, 4) is 10.4 Å². The zero-order valence-electron chi connectivity index (χ0n) is 13.3. The van der Waals surface area contributed by atoms with Gasteiger partial charge in [0.2, 0.25) is 10.0 Å². The molecule has 0 aliphatic carbocycles. The molecule has 1 amide bonds. The van der Waals surface area contributed by atoms with Crippen molar-refractivity contribution >= 4 is 27.3 Å². The molecule has 128 valence electrons. The Bertz CT molecular complexity index is 818. The number of thiazole rings is 1. The SMILES string of the molecule is CCNS(=O)(=O)C1CCN(C(=O)c2ncsc2-c2ccccc2)C1. The predicted molar refractivity (Wildman–Crippen MR) is 94.5 cm³/mol. The van der Waals surface area contributed by atoms with Gasteiger partial charge < -0.3 is 4.90 Å². The van der Waals surface area contributed by atoms with Crippen LogP contribution in [0.1, 0.15) is 23.8 Å². The number of sulfonamides is 1. The lowest BCUT2D eigenvalue weighted by atomic mass is 10.1. The molecule has 2 heterocycles. The van der Waals surface area contributed by atoms with Gasteiger partial charge in [-0.15, -0.1) is 11.3 Å². The first-order valence-corrected chi connectivity index (χ1v) is 10.2. The Morgan fingerprint density at radius 1 is 1.38 bits per heavy atom. The molecule has 1 unspecified atom stereocenters. The van der Waals surface area contributed by atoms with E-state index >= 15 is 0 Å². The lowest BCUT2D eigenvalue weighted by Gasteiger charge is -2.16. The number of carbonyl (C=O) groups excluding carboxylic acids is 1. The molecule has 1 N–H and O–H groups in total. The highest BCUT2D eigenvalue weighted by molar-refractivity contribution is 7.90. The zero-order valence-corrected chi connectivity index (χ0v) is 14.9. The molecule has 0 radical (unpaired) electrons. The van der Waals surface area contributed by atoms with Crippen molar-refractivity contribution in [3.05, 3.63) is 41.5 Å². The highest BCUT2D eigenvalue weighted by Gasteiger charge is 2.36. The minimum atomic E-state index is -3.37. The first kappa shape index (κ1) is 17.1. The third kappa shape index (κ3) is 3.35. The van der Waals surface area contributed by atoms with Crippen LogP contribution in [0, 0.1) is 0 Å². The van der Waals surface area contributed by atoms with E-state index in [-0.39, 0.29) is 12.5 Å². The van der Waals surface area contributed by atoms with Gasteiger partial charge >= 0.3 is 0 Å². The molecule has 1 aromatic heterocycles. The molecule has 8 heteroatoms. The van der Waals surface area contributed by atoms with Gasteiger partial charge in [0.05, 0.1) is 15.6 Å². The van der Waals surface area contributed by atoms with Crippen LogP contribution in [0.5, 0.6) is 0 Å². The first-order valence-electron chi connectivity index (χ1n) is 7.79. The summed E-state index contributed by atoms with van der Waals surface area (Å²) in [6, 6.07) is 9.62. The number of rotatable bonds is 5. The maximum absolute atomic E-state index is 12.8. The molecule has 1 atom stereocenters. The van der Waals surface area contributed by atoms with E-state index in [9.17, 15) is 13.2 Å². The van der Waals surface area contributed by atoms with Crippen molar-refractivity contribution in [1.82, 2.24) is 14.6 Å². The molecule has 1 aliphatic rings. The third-order valence-electron chi connectivity index (χ3n) is 4.02. The van der Waals surface area contributed by atoms with Gasteiger partial charge in [0.15, 0.2) is 0 Å². The molecule has 2 aromatic rings. The van der Waals surface area contributed by atoms with Crippen LogP contribution in [-0.4, -0.2) is 49.1 Å². The summed E-state index contributed by atoms with van der Waals surface area (Å²) in [7, 11) is -3.37. The second kappa shape index (κ2) is 7.00. The van der Waals surface area contributed by atoms with Gasteiger partial charge in [-0.1, -0.05) is 37.3 Å². The van der Waals surface area contributed by atoms with Crippen molar-refractivity contribution in [1.29, 1.82) is 0 Å². The molecule has 1 fully saturated rings. The van der Waals surface area contributed by atoms with E-state index in [1.54, 1.807) is 17.3 Å². The van der Waals surface area contributed by atoms with E-state index in [1.165, 1.54) is 11.3 Å². The minimum absolute atomic E-state index is 0.204. The van der Waals surface area contributed by atoms with Crippen LogP contribution >= 0.6 is 11.3 Å². The number of carbonyl (C=O) groups is 1. The summed E-state index contributed by atoms with van der Waals surface area (Å²) in [5, 5.41) is -0.555. The Hall–Kier alpha value is -1.77. The number of likely N-dealkylation sites (tertiary alicyclic amines) is 1. The van der Waals surface area contributed by atoms with Crippen LogP contribution in [0.25, 0.3) is 10.4 Å². The maximum Gasteiger partial charge on any atom is 0.274 e. The average Bonchev–Trinajstić information content (AvgIpc) is 3.25. The fourth-order valence-electron chi connectivity index (χ4n) is 2.83. The molecular weight excluding hydrogens is 346 g/mol. The van der Waals surface area contributed by atoms with Gasteiger partial charge in [-0.05, 0) is 12.0 Å². The van der Waals surface area contributed by atoms with Crippen molar-refractivity contribution in [3.63, 3.8) is 0 Å². The lowest BCUT2D eigenvalue weighted by Crippen LogP contribution is -2.37. The molecule has 0 bridgehead atoms. The summed E-state index contributed by atoms with van der Waals surface area (Å²) in [6.07, 6.45) is 0.450. The van der Waals surface area contributed by atoms with Gasteiger partial charge in [-0.2, -0.15) is 0 Å². The molecule has 1 aromatic carbocycles. The van der Waals surface area contributed by atoms with Crippen LogP contribution < -0.4 is 4.72 Å². The normalized spacial score (nSPS) is 18.0. The number of hydrogen-bond acceptors (Lipinski definition) is 5. The summed E-state index contributed by atoms with van der Waals surface area (Å²) in [4.78, 5) is 19.4. The minimum Gasteiger partial charge on any atom is -0.336 e. The Labute approximate surface area is 145 Å². The highest BCUT2D eigenvalue weighted by Crippen LogP contribution is 2.29. The quantitative estimate of drug-likeness (QED) is 0.878. The van der Waals surface area contributed by atoms with Crippen LogP contribution in [0.2, 0.25) is 0 Å². The molecule has 3 rings (SSSR count). The molecule has 1 aliphatic heterocycles. The smallest absolute Gasteiger partial charge is 0.274 e. The lowest BCUT2D eigenvalue weighted by molar-refractivity contribution is 0.0789. The Morgan fingerprint density at radius 2 is 2.12 bits per heavy atom. The van der Waals surface area contributed by atoms with E-state index in [2.05, 4.69) is 9.71 Å². The maximum atomic E-state index is 12.8. The Kier molecular flexibility index (Phi) is 4.98. The number of amides is 1. The van der Waals surface area contributed by atoms with Crippen molar-refractivity contribution in [2.45, 2.75) is 18.6 Å². The van der Waals surface area contributed by atoms with E-state index in [0.29, 0.717) is 25.2 Å². The number of aromatic nitrogens is 1. The number of benzene rings is 1. The van der Waals surface area contributed by atoms with E-state index in [1.807, 2.05) is 30.3 Å². The topological polar surface area (TPSA) is 79.4 Å². The predicted octanol–water partition coefficient (Wildman–Crippen LogP) is 1.96. The Morgan fingerprint density at radius 3 is 2.83 bits per heavy atom. The second-order valence-corrected chi connectivity index (χ2v) is 8.50. The molecule has 6 nitrogen and oxygen atoms in total. The number of nitrogens with zero attached hydrogens (tertiary/aromatic N) is 2. The molecule has 0 spiro atoms. The second-order valence-electron chi connectivity index (χ2n) is 5.60. The molecular formula is C16H19N3O3S2. The van der Waals surface area contributed by atoms with Crippen LogP contribution in [0.3, 0.4) is 0 Å². The van der Waals surface area contributed by atoms with Crippen molar-refractivity contribution < 1.29 is 13.2 Å². The van der Waals surface area contributed by atoms with E-state index in [4.69, 9.17) is 0 Å². The summed E-state index contributed by atoms with van der Waals surface area (Å²) >= 11 is 1.42. The van der Waals surface area contributed by atoms with Gasteiger partial charge in [0.25, 0.3) is 5.91 Å². The first-order chi connectivity index (χ1) is 11.5. The monoisotopic (exact) mass is 365 g/mol. The highest BCUT2D eigenvalue weighted by atomic mass is 32.2. The van der Waals surface area contributed by atoms with Gasteiger partial charge in [0, 0.05) is 19.6 Å². The average molecular weight is 365 g/mol. The van der Waals surface area contributed by atoms with Crippen molar-refractivity contribution in [2.24, 2.45) is 0 Å². The Balaban J connectivity index is 1.79. The fraction of sp³-hybridized carbons (Fsp3) is 0.375. The summed E-state index contributed by atoms with van der Waals surface area (Å²) in [5.41, 5.74) is 2.99. The third-order valence-corrected chi connectivity index (χ3v) is 6.85. The van der Waals surface area contributed by atoms with Gasteiger partial charge in [-0.25, -0.2) is 18.1 Å². The van der Waals surface area contributed by atoms with Gasteiger partial charge in [0.1, 0.15) is 5.69 Å². The summed E-state index contributed by atoms with van der Waals surface area (Å²) < 4.78 is 26.7. The van der Waals surface area contributed by atoms with Crippen LogP contribution in [0.15, 0.2) is 35.8 Å². The summed E-state index contributed by atoms with van der Waals surface area (Å²) in [6.45, 7) is 2.74. The van der Waals surface area contributed by atoms with Crippen LogP contribution in [0.4, 0.5) is 0 Å². The standard InChI is InChI=1S/C16H19N3O3S2/c1-2-18-24(21,22)13-8-9-19(10-13)16(20)14-15(23-11-17-14)12-6-4-3-5-7-12/h3-7,11,13,18H,2,8-10H2,1H3. The van der Waals surface area contributed by atoms with Gasteiger partial charge in [-0.3, -0.25) is 4.79 Å². The number of nitrogens with one attached hydrogen (secondary N) is 1. The van der Waals surface area contributed by atoms with E-state index in [0.717, 1.165) is 10.4 Å². The van der Waals surface area contributed by atoms with Crippen LogP contribution in [-0.2, 0) is 10.0 Å².